The van der Waals surface area contributed by atoms with E-state index in [1.807, 2.05) is 0 Å². The minimum absolute atomic E-state index is 0.0524. The number of fused-ring (bicyclic) bond motifs is 5. The number of rotatable bonds is 10. The smallest absolute Gasteiger partial charge is 0.302 e. The van der Waals surface area contributed by atoms with Crippen LogP contribution in [0.25, 0.3) is 0 Å². The van der Waals surface area contributed by atoms with Crippen molar-refractivity contribution in [1.29, 1.82) is 0 Å². The zero-order valence-electron chi connectivity index (χ0n) is 28.0. The van der Waals surface area contributed by atoms with Crippen LogP contribution in [-0.4, -0.2) is 98.8 Å². The highest BCUT2D eigenvalue weighted by molar-refractivity contribution is 5.65. The first-order valence-electron chi connectivity index (χ1n) is 17.7. The summed E-state index contributed by atoms with van der Waals surface area (Å²) in [6.45, 7) is 10.4. The van der Waals surface area contributed by atoms with Gasteiger partial charge in [-0.25, -0.2) is 0 Å². The van der Waals surface area contributed by atoms with Crippen molar-refractivity contribution < 1.29 is 49.6 Å². The van der Waals surface area contributed by atoms with Crippen molar-refractivity contribution in [3.05, 3.63) is 0 Å². The summed E-state index contributed by atoms with van der Waals surface area (Å²) in [7, 11) is 0. The molecule has 0 aromatic heterocycles. The van der Waals surface area contributed by atoms with E-state index in [1.54, 1.807) is 0 Å². The predicted octanol–water partition coefficient (Wildman–Crippen LogP) is 2.78. The van der Waals surface area contributed by atoms with Gasteiger partial charge >= 0.3 is 5.97 Å². The standard InChI is InChI=1S/C35H60O10/c1-18(17-43-20(3)37)7-6-8-19(2)23-9-10-24-29-25(15-28(39)35(23,24)5)34(4)12-11-22(38)13-21(34)14-26(29)44-33-32(42)31(41)30(40)27(16-36)45-33/h18-19,21-33,36,38-42H,6-17H2,1-5H3/t18?,19-,21?,22?,23-,24+,25+,26?,27-,28?,29+,30+,31+,32-,33-,34+,35-/m1/s1. The third-order valence-corrected chi connectivity index (χ3v) is 13.6. The Kier molecular flexibility index (Phi) is 11.0. The molecule has 10 nitrogen and oxygen atoms in total. The zero-order chi connectivity index (χ0) is 32.8. The molecule has 1 aliphatic heterocycles. The van der Waals surface area contributed by atoms with Gasteiger partial charge in [-0.3, -0.25) is 4.79 Å². The number of aliphatic hydroxyl groups excluding tert-OH is 6. The Balaban J connectivity index is 1.37. The van der Waals surface area contributed by atoms with E-state index in [0.29, 0.717) is 43.6 Å². The van der Waals surface area contributed by atoms with Gasteiger partial charge in [0.1, 0.15) is 24.4 Å². The van der Waals surface area contributed by atoms with Crippen LogP contribution in [0.15, 0.2) is 0 Å². The Hall–Kier alpha value is -0.850. The maximum absolute atomic E-state index is 12.1. The summed E-state index contributed by atoms with van der Waals surface area (Å²) in [4.78, 5) is 11.2. The van der Waals surface area contributed by atoms with Crippen molar-refractivity contribution in [3.8, 4) is 0 Å². The Morgan fingerprint density at radius 1 is 0.933 bits per heavy atom. The molecule has 17 atom stereocenters. The van der Waals surface area contributed by atoms with Gasteiger partial charge in [0.2, 0.25) is 0 Å². The quantitative estimate of drug-likeness (QED) is 0.154. The predicted molar refractivity (Wildman–Crippen MR) is 165 cm³/mol. The number of carbonyl (C=O) groups excluding carboxylic acids is 1. The minimum Gasteiger partial charge on any atom is -0.466 e. The van der Waals surface area contributed by atoms with Gasteiger partial charge < -0.3 is 44.8 Å². The van der Waals surface area contributed by atoms with Crippen LogP contribution in [0.4, 0.5) is 0 Å². The molecule has 5 unspecified atom stereocenters. The SMILES string of the molecule is CC(=O)OCC(C)CCC[C@@H](C)[C@H]1CC[C@H]2[C@@H]3C(O[C@@H]4O[C@H](CO)[C@H](O)[C@H](O)[C@H]4O)CC4CC(O)CC[C@]4(C)[C@H]3CC(O)[C@]12C. The summed E-state index contributed by atoms with van der Waals surface area (Å²) >= 11 is 0. The molecule has 10 heteroatoms. The van der Waals surface area contributed by atoms with E-state index in [1.165, 1.54) is 6.92 Å². The van der Waals surface area contributed by atoms with Gasteiger partial charge in [0.15, 0.2) is 6.29 Å². The normalized spacial score (nSPS) is 49.4. The van der Waals surface area contributed by atoms with Crippen LogP contribution >= 0.6 is 0 Å². The van der Waals surface area contributed by atoms with Crippen molar-refractivity contribution in [2.75, 3.05) is 13.2 Å². The summed E-state index contributed by atoms with van der Waals surface area (Å²) in [6.07, 6.45) is 0.909. The zero-order valence-corrected chi connectivity index (χ0v) is 28.0. The largest absolute Gasteiger partial charge is 0.466 e. The first-order valence-corrected chi connectivity index (χ1v) is 17.7. The van der Waals surface area contributed by atoms with Gasteiger partial charge in [0.05, 0.1) is 31.5 Å². The molecule has 5 aliphatic rings. The monoisotopic (exact) mass is 640 g/mol. The van der Waals surface area contributed by atoms with Crippen molar-refractivity contribution in [3.63, 3.8) is 0 Å². The van der Waals surface area contributed by atoms with Crippen LogP contribution in [0.5, 0.6) is 0 Å². The fraction of sp³-hybridized carbons (Fsp3) is 0.971. The van der Waals surface area contributed by atoms with Crippen LogP contribution in [0, 0.1) is 52.3 Å². The third kappa shape index (κ3) is 6.61. The van der Waals surface area contributed by atoms with Crippen molar-refractivity contribution >= 4 is 5.97 Å². The molecule has 5 fully saturated rings. The van der Waals surface area contributed by atoms with Crippen molar-refractivity contribution in [2.24, 2.45) is 52.3 Å². The van der Waals surface area contributed by atoms with Crippen LogP contribution in [0.3, 0.4) is 0 Å². The van der Waals surface area contributed by atoms with Gasteiger partial charge in [-0.05, 0) is 104 Å². The van der Waals surface area contributed by atoms with Crippen LogP contribution < -0.4 is 0 Å². The fourth-order valence-electron chi connectivity index (χ4n) is 10.9. The van der Waals surface area contributed by atoms with E-state index in [9.17, 15) is 35.4 Å². The molecular weight excluding hydrogens is 580 g/mol. The Bertz CT molecular complexity index is 1010. The molecule has 0 spiro atoms. The maximum atomic E-state index is 12.1. The molecule has 4 aliphatic carbocycles. The number of hydrogen-bond acceptors (Lipinski definition) is 10. The summed E-state index contributed by atoms with van der Waals surface area (Å²) in [5.74, 6) is 1.46. The van der Waals surface area contributed by atoms with E-state index in [2.05, 4.69) is 27.7 Å². The molecule has 0 radical (unpaired) electrons. The van der Waals surface area contributed by atoms with E-state index in [0.717, 1.165) is 44.9 Å². The Labute approximate surface area is 268 Å². The molecule has 0 aromatic carbocycles. The third-order valence-electron chi connectivity index (χ3n) is 13.6. The van der Waals surface area contributed by atoms with Crippen molar-refractivity contribution in [1.82, 2.24) is 0 Å². The molecule has 6 N–H and O–H groups in total. The molecule has 0 aromatic rings. The van der Waals surface area contributed by atoms with Gasteiger partial charge in [0.25, 0.3) is 0 Å². The molecule has 1 saturated heterocycles. The van der Waals surface area contributed by atoms with Gasteiger partial charge in [-0.1, -0.05) is 40.5 Å². The van der Waals surface area contributed by atoms with E-state index in [-0.39, 0.29) is 52.7 Å². The molecule has 45 heavy (non-hydrogen) atoms. The maximum Gasteiger partial charge on any atom is 0.302 e. The lowest BCUT2D eigenvalue weighted by molar-refractivity contribution is -0.330. The van der Waals surface area contributed by atoms with Gasteiger partial charge in [-0.2, -0.15) is 0 Å². The van der Waals surface area contributed by atoms with Crippen LogP contribution in [0.2, 0.25) is 0 Å². The highest BCUT2D eigenvalue weighted by Gasteiger charge is 2.66. The molecule has 0 amide bonds. The summed E-state index contributed by atoms with van der Waals surface area (Å²) < 4.78 is 17.7. The molecule has 260 valence electrons. The lowest BCUT2D eigenvalue weighted by Crippen LogP contribution is -2.65. The number of esters is 1. The number of carbonyl (C=O) groups is 1. The lowest BCUT2D eigenvalue weighted by Gasteiger charge is -2.64. The highest BCUT2D eigenvalue weighted by Crippen LogP contribution is 2.69. The first kappa shape index (κ1) is 35.5. The summed E-state index contributed by atoms with van der Waals surface area (Å²) in [5.41, 5.74) is -0.360. The van der Waals surface area contributed by atoms with Crippen molar-refractivity contribution in [2.45, 2.75) is 148 Å². The second-order valence-electron chi connectivity index (χ2n) is 16.1. The van der Waals surface area contributed by atoms with Crippen LogP contribution in [-0.2, 0) is 19.0 Å². The van der Waals surface area contributed by atoms with E-state index in [4.69, 9.17) is 14.2 Å². The molecule has 4 saturated carbocycles. The fourth-order valence-corrected chi connectivity index (χ4v) is 10.9. The lowest BCUT2D eigenvalue weighted by atomic mass is 9.43. The average molecular weight is 641 g/mol. The first-order chi connectivity index (χ1) is 21.2. The molecule has 0 bridgehead atoms. The minimum atomic E-state index is -1.51. The second-order valence-corrected chi connectivity index (χ2v) is 16.1. The topological polar surface area (TPSA) is 166 Å². The van der Waals surface area contributed by atoms with E-state index >= 15 is 0 Å². The molecular formula is C35H60O10. The summed E-state index contributed by atoms with van der Waals surface area (Å²) in [6, 6.07) is 0. The van der Waals surface area contributed by atoms with Crippen LogP contribution in [0.1, 0.15) is 98.8 Å². The number of hydrogen-bond donors (Lipinski definition) is 6. The highest BCUT2D eigenvalue weighted by atomic mass is 16.7. The number of ether oxygens (including phenoxy) is 3. The Morgan fingerprint density at radius 3 is 2.36 bits per heavy atom. The Morgan fingerprint density at radius 2 is 1.67 bits per heavy atom. The van der Waals surface area contributed by atoms with Gasteiger partial charge in [-0.15, -0.1) is 0 Å². The number of aliphatic hydroxyl groups is 6. The van der Waals surface area contributed by atoms with E-state index < -0.39 is 43.4 Å². The second kappa shape index (κ2) is 13.9. The molecule has 1 heterocycles. The summed E-state index contributed by atoms with van der Waals surface area (Å²) in [5, 5.41) is 64.3. The van der Waals surface area contributed by atoms with Gasteiger partial charge in [0, 0.05) is 6.92 Å². The molecule has 5 rings (SSSR count). The average Bonchev–Trinajstić information content (AvgIpc) is 3.36.